The van der Waals surface area contributed by atoms with Crippen LogP contribution in [0.5, 0.6) is 0 Å². The Morgan fingerprint density at radius 2 is 1.97 bits per heavy atom. The van der Waals surface area contributed by atoms with Gasteiger partial charge in [-0.25, -0.2) is 9.37 Å². The molecule has 0 aliphatic carbocycles. The number of unbranched alkanes of at least 4 members (excludes halogenated alkanes) is 1. The highest BCUT2D eigenvalue weighted by Gasteiger charge is 2.25. The normalized spacial score (nSPS) is 22.8. The van der Waals surface area contributed by atoms with E-state index >= 15 is 0 Å². The van der Waals surface area contributed by atoms with Crippen LogP contribution in [0.15, 0.2) is 71.6 Å². The summed E-state index contributed by atoms with van der Waals surface area (Å²) in [7, 11) is 0. The molecular weight excluding hydrogens is 433 g/mol. The average molecular weight is 474 g/mol. The van der Waals surface area contributed by atoms with Crippen molar-refractivity contribution in [1.82, 2.24) is 15.2 Å². The second-order valence-electron chi connectivity index (χ2n) is 9.97. The summed E-state index contributed by atoms with van der Waals surface area (Å²) in [5.74, 6) is 0.0369. The zero-order chi connectivity index (χ0) is 24.8. The molecule has 0 spiro atoms. The van der Waals surface area contributed by atoms with E-state index in [1.165, 1.54) is 16.8 Å². The fourth-order valence-electron chi connectivity index (χ4n) is 5.07. The number of halogens is 1. The predicted octanol–water partition coefficient (Wildman–Crippen LogP) is 7.72. The molecule has 1 aromatic heterocycles. The van der Waals surface area contributed by atoms with Gasteiger partial charge >= 0.3 is 0 Å². The van der Waals surface area contributed by atoms with Crippen molar-refractivity contribution in [3.63, 3.8) is 0 Å². The number of hydrogen-bond acceptors (Lipinski definition) is 3. The first-order valence-corrected chi connectivity index (χ1v) is 13.3. The highest BCUT2D eigenvalue weighted by atomic mass is 19.1. The largest absolute Gasteiger partial charge is 0.317 e. The van der Waals surface area contributed by atoms with E-state index < -0.39 is 6.17 Å². The molecule has 0 bridgehead atoms. The topological polar surface area (TPSA) is 28.2 Å². The van der Waals surface area contributed by atoms with Gasteiger partial charge in [0.25, 0.3) is 0 Å². The fourth-order valence-corrected chi connectivity index (χ4v) is 5.07. The molecule has 1 fully saturated rings. The van der Waals surface area contributed by atoms with Crippen molar-refractivity contribution in [1.29, 1.82) is 0 Å². The Labute approximate surface area is 210 Å². The number of allylic oxidation sites excluding steroid dienone is 5. The Hall–Kier alpha value is -2.72. The van der Waals surface area contributed by atoms with Crippen LogP contribution in [0.1, 0.15) is 71.1 Å². The highest BCUT2D eigenvalue weighted by molar-refractivity contribution is 5.84. The van der Waals surface area contributed by atoms with Crippen molar-refractivity contribution in [2.24, 2.45) is 5.92 Å². The molecule has 2 atom stereocenters. The molecule has 1 aromatic carbocycles. The fraction of sp³-hybridized carbons (Fsp3) is 0.452. The molecule has 35 heavy (non-hydrogen) atoms. The van der Waals surface area contributed by atoms with E-state index in [9.17, 15) is 4.39 Å². The van der Waals surface area contributed by atoms with Crippen molar-refractivity contribution in [2.75, 3.05) is 13.1 Å². The minimum absolute atomic E-state index is 0.0369. The van der Waals surface area contributed by atoms with Gasteiger partial charge in [0.05, 0.1) is 16.9 Å². The van der Waals surface area contributed by atoms with E-state index in [-0.39, 0.29) is 5.92 Å². The molecule has 4 heteroatoms. The van der Waals surface area contributed by atoms with Crippen LogP contribution in [0.4, 0.5) is 4.39 Å². The summed E-state index contributed by atoms with van der Waals surface area (Å²) >= 11 is 0. The summed E-state index contributed by atoms with van der Waals surface area (Å²) in [4.78, 5) is 7.57. The maximum atomic E-state index is 14.9. The monoisotopic (exact) mass is 473 g/mol. The summed E-state index contributed by atoms with van der Waals surface area (Å²) in [5.41, 5.74) is 8.00. The van der Waals surface area contributed by atoms with Crippen LogP contribution in [0.3, 0.4) is 0 Å². The molecule has 0 amide bonds. The maximum absolute atomic E-state index is 14.9. The van der Waals surface area contributed by atoms with Crippen molar-refractivity contribution in [2.45, 2.75) is 72.4 Å². The van der Waals surface area contributed by atoms with E-state index in [2.05, 4.69) is 92.7 Å². The highest BCUT2D eigenvalue weighted by Crippen LogP contribution is 2.33. The predicted molar refractivity (Wildman–Crippen MR) is 147 cm³/mol. The first-order valence-electron chi connectivity index (χ1n) is 13.3. The van der Waals surface area contributed by atoms with Gasteiger partial charge in [0.2, 0.25) is 0 Å². The van der Waals surface area contributed by atoms with Gasteiger partial charge in [-0.1, -0.05) is 56.7 Å². The molecule has 3 heterocycles. The third-order valence-electron chi connectivity index (χ3n) is 7.27. The molecule has 0 saturated carbocycles. The first kappa shape index (κ1) is 25.4. The smallest absolute Gasteiger partial charge is 0.104 e. The van der Waals surface area contributed by atoms with E-state index in [0.29, 0.717) is 6.42 Å². The van der Waals surface area contributed by atoms with Gasteiger partial charge in [0.1, 0.15) is 6.17 Å². The van der Waals surface area contributed by atoms with Gasteiger partial charge in [-0.05, 0) is 93.8 Å². The lowest BCUT2D eigenvalue weighted by atomic mass is 9.90. The van der Waals surface area contributed by atoms with Gasteiger partial charge in [-0.2, -0.15) is 0 Å². The Balaban J connectivity index is 1.78. The van der Waals surface area contributed by atoms with Gasteiger partial charge < -0.3 is 10.2 Å². The summed E-state index contributed by atoms with van der Waals surface area (Å²) in [6.07, 6.45) is 13.5. The SMILES string of the molecule is CCCC=C1C=CC(C)=CN1C(=C(C)CC)c1ccc2cccc(CC3CCNCCC3F)c2n1. The number of pyridine rings is 1. The number of fused-ring (bicyclic) bond motifs is 1. The van der Waals surface area contributed by atoms with Crippen LogP contribution < -0.4 is 5.32 Å². The number of para-hydroxylation sites is 1. The van der Waals surface area contributed by atoms with Crippen molar-refractivity contribution in [3.8, 4) is 0 Å². The second kappa shape index (κ2) is 11.8. The number of nitrogens with zero attached hydrogens (tertiary/aromatic N) is 2. The molecule has 0 radical (unpaired) electrons. The van der Waals surface area contributed by atoms with Gasteiger partial charge in [-0.15, -0.1) is 0 Å². The summed E-state index contributed by atoms with van der Waals surface area (Å²) in [6.45, 7) is 10.4. The second-order valence-corrected chi connectivity index (χ2v) is 9.97. The molecule has 3 nitrogen and oxygen atoms in total. The Morgan fingerprint density at radius 3 is 2.77 bits per heavy atom. The molecule has 2 aliphatic rings. The van der Waals surface area contributed by atoms with Crippen LogP contribution in [-0.4, -0.2) is 29.1 Å². The summed E-state index contributed by atoms with van der Waals surface area (Å²) < 4.78 is 14.9. The maximum Gasteiger partial charge on any atom is 0.104 e. The minimum atomic E-state index is -0.763. The number of alkyl halides is 1. The Bertz CT molecular complexity index is 1160. The number of rotatable bonds is 7. The molecule has 1 N–H and O–H groups in total. The standard InChI is InChI=1S/C31H40FN3/c1-5-7-11-27-14-12-22(3)21-35(27)31(23(4)6-2)29-15-13-24-9-8-10-26(30(24)34-29)20-25-16-18-33-19-17-28(25)32/h8-15,21,25,28,33H,5-7,16-20H2,1-4H3. The molecule has 2 aromatic rings. The van der Waals surface area contributed by atoms with Gasteiger partial charge in [-0.3, -0.25) is 0 Å². The van der Waals surface area contributed by atoms with Crippen molar-refractivity contribution >= 4 is 16.6 Å². The first-order chi connectivity index (χ1) is 17.0. The number of aromatic nitrogens is 1. The molecular formula is C31H40FN3. The lowest BCUT2D eigenvalue weighted by Gasteiger charge is -2.30. The van der Waals surface area contributed by atoms with E-state index in [4.69, 9.17) is 4.98 Å². The summed E-state index contributed by atoms with van der Waals surface area (Å²) in [5, 5.41) is 4.47. The Morgan fingerprint density at radius 1 is 1.14 bits per heavy atom. The van der Waals surface area contributed by atoms with Crippen LogP contribution in [-0.2, 0) is 6.42 Å². The van der Waals surface area contributed by atoms with Crippen LogP contribution in [0, 0.1) is 5.92 Å². The zero-order valence-corrected chi connectivity index (χ0v) is 21.8. The zero-order valence-electron chi connectivity index (χ0n) is 21.8. The van der Waals surface area contributed by atoms with E-state index in [1.807, 2.05) is 0 Å². The minimum Gasteiger partial charge on any atom is -0.317 e. The van der Waals surface area contributed by atoms with Gasteiger partial charge in [0, 0.05) is 17.3 Å². The van der Waals surface area contributed by atoms with E-state index in [0.717, 1.165) is 73.1 Å². The lowest BCUT2D eigenvalue weighted by molar-refractivity contribution is 0.219. The quantitative estimate of drug-likeness (QED) is 0.446. The summed E-state index contributed by atoms with van der Waals surface area (Å²) in [6, 6.07) is 10.7. The van der Waals surface area contributed by atoms with E-state index in [1.54, 1.807) is 0 Å². The number of hydrogen-bond donors (Lipinski definition) is 1. The van der Waals surface area contributed by atoms with Crippen molar-refractivity contribution < 1.29 is 4.39 Å². The number of nitrogens with one attached hydrogen (secondary N) is 1. The molecule has 2 unspecified atom stereocenters. The Kier molecular flexibility index (Phi) is 8.56. The number of benzene rings is 1. The van der Waals surface area contributed by atoms with Gasteiger partial charge in [0.15, 0.2) is 0 Å². The lowest BCUT2D eigenvalue weighted by Crippen LogP contribution is -2.20. The van der Waals surface area contributed by atoms with Crippen molar-refractivity contribution in [3.05, 3.63) is 82.9 Å². The molecule has 4 rings (SSSR count). The molecule has 186 valence electrons. The third-order valence-corrected chi connectivity index (χ3v) is 7.27. The average Bonchev–Trinajstić information content (AvgIpc) is 3.07. The van der Waals surface area contributed by atoms with Crippen LogP contribution in [0.25, 0.3) is 16.6 Å². The molecule has 2 aliphatic heterocycles. The molecule has 1 saturated heterocycles. The third kappa shape index (κ3) is 5.92. The van der Waals surface area contributed by atoms with Crippen LogP contribution >= 0.6 is 0 Å². The van der Waals surface area contributed by atoms with Crippen LogP contribution in [0.2, 0.25) is 0 Å².